The van der Waals surface area contributed by atoms with Gasteiger partial charge < -0.3 is 15.5 Å². The molecule has 6 nitrogen and oxygen atoms in total. The summed E-state index contributed by atoms with van der Waals surface area (Å²) in [6.45, 7) is 4.71. The zero-order valence-electron chi connectivity index (χ0n) is 11.6. The van der Waals surface area contributed by atoms with Gasteiger partial charge in [0.15, 0.2) is 0 Å². The Morgan fingerprint density at radius 3 is 2.67 bits per heavy atom. The lowest BCUT2D eigenvalue weighted by Gasteiger charge is -2.43. The molecule has 2 aliphatic rings. The van der Waals surface area contributed by atoms with Gasteiger partial charge in [0.25, 0.3) is 11.7 Å². The molecule has 0 spiro atoms. The van der Waals surface area contributed by atoms with E-state index in [9.17, 15) is 14.4 Å². The van der Waals surface area contributed by atoms with Gasteiger partial charge in [0.05, 0.1) is 22.0 Å². The Balaban J connectivity index is 2.08. The van der Waals surface area contributed by atoms with Crippen molar-refractivity contribution in [2.24, 2.45) is 0 Å². The fourth-order valence-electron chi connectivity index (χ4n) is 2.68. The van der Waals surface area contributed by atoms with Gasteiger partial charge in [-0.25, -0.2) is 0 Å². The molecule has 0 unspecified atom stereocenters. The van der Waals surface area contributed by atoms with E-state index in [1.807, 2.05) is 4.90 Å². The molecule has 1 aromatic rings. The van der Waals surface area contributed by atoms with Crippen molar-refractivity contribution in [3.8, 4) is 0 Å². The zero-order chi connectivity index (χ0) is 15.4. The SMILES string of the molecule is CC1(C)C(=O)NCCN1c1cc2c(cc1Cl)C(=O)C(=O)N2. The largest absolute Gasteiger partial charge is 0.354 e. The van der Waals surface area contributed by atoms with E-state index < -0.39 is 17.2 Å². The van der Waals surface area contributed by atoms with Crippen LogP contribution < -0.4 is 15.5 Å². The van der Waals surface area contributed by atoms with Crippen LogP contribution in [0.3, 0.4) is 0 Å². The Bertz CT molecular complexity index is 684. The summed E-state index contributed by atoms with van der Waals surface area (Å²) in [5.74, 6) is -1.34. The molecule has 2 aliphatic heterocycles. The number of nitrogens with zero attached hydrogens (tertiary/aromatic N) is 1. The van der Waals surface area contributed by atoms with Crippen molar-refractivity contribution in [1.82, 2.24) is 5.32 Å². The molecule has 1 fully saturated rings. The molecule has 2 amide bonds. The maximum Gasteiger partial charge on any atom is 0.296 e. The average molecular weight is 308 g/mol. The molecule has 7 heteroatoms. The third kappa shape index (κ3) is 1.98. The first kappa shape index (κ1) is 13.9. The molecule has 0 aromatic heterocycles. The number of carbonyl (C=O) groups is 3. The van der Waals surface area contributed by atoms with E-state index in [2.05, 4.69) is 10.6 Å². The number of benzene rings is 1. The van der Waals surface area contributed by atoms with E-state index in [0.29, 0.717) is 29.5 Å². The van der Waals surface area contributed by atoms with Gasteiger partial charge in [0, 0.05) is 13.1 Å². The van der Waals surface area contributed by atoms with Gasteiger partial charge in [-0.05, 0) is 26.0 Å². The van der Waals surface area contributed by atoms with Crippen molar-refractivity contribution in [1.29, 1.82) is 0 Å². The Kier molecular flexibility index (Phi) is 2.95. The molecule has 2 heterocycles. The summed E-state index contributed by atoms with van der Waals surface area (Å²) in [7, 11) is 0. The summed E-state index contributed by atoms with van der Waals surface area (Å²) in [4.78, 5) is 37.0. The van der Waals surface area contributed by atoms with E-state index in [1.165, 1.54) is 6.07 Å². The molecule has 0 atom stereocenters. The van der Waals surface area contributed by atoms with Crippen molar-refractivity contribution in [3.05, 3.63) is 22.7 Å². The van der Waals surface area contributed by atoms with Gasteiger partial charge in [0.2, 0.25) is 5.91 Å². The highest BCUT2D eigenvalue weighted by atomic mass is 35.5. The zero-order valence-corrected chi connectivity index (χ0v) is 12.4. The first-order valence-corrected chi connectivity index (χ1v) is 6.95. The highest BCUT2D eigenvalue weighted by molar-refractivity contribution is 6.52. The van der Waals surface area contributed by atoms with Crippen molar-refractivity contribution < 1.29 is 14.4 Å². The number of amides is 2. The van der Waals surface area contributed by atoms with Crippen molar-refractivity contribution in [2.45, 2.75) is 19.4 Å². The molecule has 21 heavy (non-hydrogen) atoms. The number of anilines is 2. The van der Waals surface area contributed by atoms with Gasteiger partial charge in [-0.1, -0.05) is 11.6 Å². The standard InChI is InChI=1S/C14H14ClN3O3/c1-14(2)13(21)16-3-4-18(14)10-6-9-7(5-8(10)15)11(19)12(20)17-9/h5-6H,3-4H2,1-2H3,(H,16,21)(H,17,19,20). The minimum atomic E-state index is -0.761. The van der Waals surface area contributed by atoms with Crippen LogP contribution in [-0.4, -0.2) is 36.2 Å². The number of fused-ring (bicyclic) bond motifs is 1. The van der Waals surface area contributed by atoms with Crippen LogP contribution >= 0.6 is 11.6 Å². The first-order chi connectivity index (χ1) is 9.82. The number of piperazine rings is 1. The van der Waals surface area contributed by atoms with Crippen LogP contribution in [0.15, 0.2) is 12.1 Å². The molecule has 0 aliphatic carbocycles. The van der Waals surface area contributed by atoms with Gasteiger partial charge in [-0.2, -0.15) is 0 Å². The number of ketones is 1. The van der Waals surface area contributed by atoms with E-state index in [-0.39, 0.29) is 11.5 Å². The van der Waals surface area contributed by atoms with Crippen LogP contribution in [0, 0.1) is 0 Å². The predicted molar refractivity (Wildman–Crippen MR) is 78.8 cm³/mol. The van der Waals surface area contributed by atoms with Gasteiger partial charge in [-0.3, -0.25) is 14.4 Å². The van der Waals surface area contributed by atoms with Gasteiger partial charge in [-0.15, -0.1) is 0 Å². The normalized spacial score (nSPS) is 20.1. The van der Waals surface area contributed by atoms with Crippen LogP contribution in [0.25, 0.3) is 0 Å². The van der Waals surface area contributed by atoms with Crippen LogP contribution in [0.4, 0.5) is 11.4 Å². The van der Waals surface area contributed by atoms with E-state index in [4.69, 9.17) is 11.6 Å². The van der Waals surface area contributed by atoms with Crippen LogP contribution in [0.1, 0.15) is 24.2 Å². The third-order valence-corrected chi connectivity index (χ3v) is 4.23. The highest BCUT2D eigenvalue weighted by Gasteiger charge is 2.39. The smallest absolute Gasteiger partial charge is 0.296 e. The monoisotopic (exact) mass is 307 g/mol. The second kappa shape index (κ2) is 4.46. The maximum atomic E-state index is 12.0. The molecule has 0 saturated carbocycles. The van der Waals surface area contributed by atoms with E-state index >= 15 is 0 Å². The molecule has 0 radical (unpaired) electrons. The quantitative estimate of drug-likeness (QED) is 0.764. The summed E-state index contributed by atoms with van der Waals surface area (Å²) in [6.07, 6.45) is 0. The Morgan fingerprint density at radius 2 is 1.95 bits per heavy atom. The molecular weight excluding hydrogens is 294 g/mol. The van der Waals surface area contributed by atoms with Crippen LogP contribution in [0.2, 0.25) is 5.02 Å². The summed E-state index contributed by atoms with van der Waals surface area (Å²) in [6, 6.07) is 3.13. The topological polar surface area (TPSA) is 78.5 Å². The number of Topliss-reactive ketones (excluding diaryl/α,β-unsaturated/α-hetero) is 1. The molecule has 2 N–H and O–H groups in total. The number of hydrogen-bond donors (Lipinski definition) is 2. The van der Waals surface area contributed by atoms with Gasteiger partial charge in [0.1, 0.15) is 5.54 Å². The third-order valence-electron chi connectivity index (χ3n) is 3.93. The van der Waals surface area contributed by atoms with Gasteiger partial charge >= 0.3 is 0 Å². The van der Waals surface area contributed by atoms with Crippen LogP contribution in [-0.2, 0) is 9.59 Å². The van der Waals surface area contributed by atoms with Crippen molar-refractivity contribution in [2.75, 3.05) is 23.3 Å². The first-order valence-electron chi connectivity index (χ1n) is 6.57. The fourth-order valence-corrected chi connectivity index (χ4v) is 2.95. The predicted octanol–water partition coefficient (Wildman–Crippen LogP) is 1.19. The summed E-state index contributed by atoms with van der Waals surface area (Å²) in [5, 5.41) is 5.68. The number of halogens is 1. The highest BCUT2D eigenvalue weighted by Crippen LogP contribution is 2.38. The average Bonchev–Trinajstić information content (AvgIpc) is 2.68. The fraction of sp³-hybridized carbons (Fsp3) is 0.357. The molecule has 0 bridgehead atoms. The van der Waals surface area contributed by atoms with E-state index in [1.54, 1.807) is 19.9 Å². The van der Waals surface area contributed by atoms with Crippen LogP contribution in [0.5, 0.6) is 0 Å². The second-order valence-electron chi connectivity index (χ2n) is 5.60. The van der Waals surface area contributed by atoms with Crippen molar-refractivity contribution >= 4 is 40.6 Å². The molecular formula is C14H14ClN3O3. The lowest BCUT2D eigenvalue weighted by Crippen LogP contribution is -2.62. The second-order valence-corrected chi connectivity index (χ2v) is 6.01. The summed E-state index contributed by atoms with van der Waals surface area (Å²) in [5.41, 5.74) is 0.576. The maximum absolute atomic E-state index is 12.0. The Hall–Kier alpha value is -2.08. The van der Waals surface area contributed by atoms with Crippen molar-refractivity contribution in [3.63, 3.8) is 0 Å². The molecule has 1 saturated heterocycles. The molecule has 3 rings (SSSR count). The molecule has 110 valence electrons. The lowest BCUT2D eigenvalue weighted by atomic mass is 9.97. The minimum absolute atomic E-state index is 0.0922. The van der Waals surface area contributed by atoms with E-state index in [0.717, 1.165) is 0 Å². The number of nitrogens with one attached hydrogen (secondary N) is 2. The number of rotatable bonds is 1. The number of carbonyl (C=O) groups excluding carboxylic acids is 3. The summed E-state index contributed by atoms with van der Waals surface area (Å²) < 4.78 is 0. The lowest BCUT2D eigenvalue weighted by molar-refractivity contribution is -0.126. The summed E-state index contributed by atoms with van der Waals surface area (Å²) >= 11 is 6.26. The minimum Gasteiger partial charge on any atom is -0.354 e. The Labute approximate surface area is 126 Å². The Morgan fingerprint density at radius 1 is 1.24 bits per heavy atom. The molecule has 1 aromatic carbocycles. The number of hydrogen-bond acceptors (Lipinski definition) is 4.